The molecular formula is C28H28F4N2O4. The van der Waals surface area contributed by atoms with Crippen LogP contribution in [-0.4, -0.2) is 11.8 Å². The third-order valence-corrected chi connectivity index (χ3v) is 5.17. The van der Waals surface area contributed by atoms with E-state index in [0.29, 0.717) is 0 Å². The molecule has 0 saturated carbocycles. The Kier molecular flexibility index (Phi) is 8.04. The van der Waals surface area contributed by atoms with Crippen molar-refractivity contribution in [3.8, 4) is 23.0 Å². The van der Waals surface area contributed by atoms with Gasteiger partial charge in [-0.25, -0.2) is 0 Å². The van der Waals surface area contributed by atoms with Crippen LogP contribution >= 0.6 is 0 Å². The highest BCUT2D eigenvalue weighted by molar-refractivity contribution is 5.95. The molecule has 3 aromatic rings. The van der Waals surface area contributed by atoms with Crippen LogP contribution in [0.25, 0.3) is 0 Å². The van der Waals surface area contributed by atoms with Gasteiger partial charge in [0.05, 0.1) is 0 Å². The first kappa shape index (κ1) is 28.5. The van der Waals surface area contributed by atoms with Crippen molar-refractivity contribution >= 4 is 23.2 Å². The number of nitrogens with one attached hydrogen (secondary N) is 2. The number of rotatable bonds is 6. The largest absolute Gasteiger partial charge is 0.451 e. The molecule has 0 aliphatic heterocycles. The molecule has 10 heteroatoms. The molecule has 3 rings (SSSR count). The molecule has 0 heterocycles. The second-order valence-corrected chi connectivity index (χ2v) is 10.6. The van der Waals surface area contributed by atoms with Gasteiger partial charge >= 0.3 is 0 Å². The third-order valence-electron chi connectivity index (χ3n) is 5.17. The van der Waals surface area contributed by atoms with Crippen LogP contribution in [0, 0.1) is 34.1 Å². The number of hydrogen-bond acceptors (Lipinski definition) is 4. The Bertz CT molecular complexity index is 1240. The lowest BCUT2D eigenvalue weighted by Gasteiger charge is -2.18. The second kappa shape index (κ2) is 10.7. The van der Waals surface area contributed by atoms with E-state index < -0.39 is 45.6 Å². The molecular weight excluding hydrogens is 504 g/mol. The summed E-state index contributed by atoms with van der Waals surface area (Å²) in [5.41, 5.74) is -0.922. The maximum Gasteiger partial charge on any atom is 0.229 e. The van der Waals surface area contributed by atoms with Crippen molar-refractivity contribution in [3.05, 3.63) is 71.8 Å². The third kappa shape index (κ3) is 6.62. The van der Waals surface area contributed by atoms with E-state index in [2.05, 4.69) is 10.6 Å². The van der Waals surface area contributed by atoms with Gasteiger partial charge in [-0.2, -0.15) is 17.6 Å². The fourth-order valence-electron chi connectivity index (χ4n) is 2.92. The Morgan fingerprint density at radius 1 is 0.605 bits per heavy atom. The molecule has 202 valence electrons. The van der Waals surface area contributed by atoms with Gasteiger partial charge < -0.3 is 20.1 Å². The molecule has 0 bridgehead atoms. The van der Waals surface area contributed by atoms with Crippen LogP contribution in [0.4, 0.5) is 28.9 Å². The van der Waals surface area contributed by atoms with Gasteiger partial charge in [0.25, 0.3) is 0 Å². The summed E-state index contributed by atoms with van der Waals surface area (Å²) in [6.45, 7) is 10.2. The Morgan fingerprint density at radius 3 is 1.21 bits per heavy atom. The van der Waals surface area contributed by atoms with Crippen molar-refractivity contribution in [2.45, 2.75) is 41.5 Å². The van der Waals surface area contributed by atoms with Gasteiger partial charge in [0.2, 0.25) is 46.6 Å². The summed E-state index contributed by atoms with van der Waals surface area (Å²) in [6, 6.07) is 11.0. The normalized spacial score (nSPS) is 11.6. The Labute approximate surface area is 218 Å². The number of amides is 2. The van der Waals surface area contributed by atoms with Gasteiger partial charge in [-0.3, -0.25) is 9.59 Å². The Morgan fingerprint density at radius 2 is 0.921 bits per heavy atom. The molecule has 0 fully saturated rings. The summed E-state index contributed by atoms with van der Waals surface area (Å²) < 4.78 is 69.6. The SMILES string of the molecule is CC(C)(C)C(=O)Nc1cccc(Oc2c(F)c(F)c(Oc3cccc(NC(=O)C(C)(C)C)c3)c(F)c2F)c1. The lowest BCUT2D eigenvalue weighted by atomic mass is 9.95. The minimum absolute atomic E-state index is 0.177. The lowest BCUT2D eigenvalue weighted by molar-refractivity contribution is -0.123. The molecule has 0 aromatic heterocycles. The molecule has 0 spiro atoms. The molecule has 0 atom stereocenters. The topological polar surface area (TPSA) is 76.7 Å². The van der Waals surface area contributed by atoms with Crippen molar-refractivity contribution in [3.63, 3.8) is 0 Å². The molecule has 0 unspecified atom stereocenters. The molecule has 38 heavy (non-hydrogen) atoms. The standard InChI is InChI=1S/C28H28F4N2O4/c1-27(2,3)25(35)33-15-9-7-11-17(13-15)37-23-19(29)21(31)24(22(32)20(23)30)38-18-12-8-10-16(14-18)34-26(36)28(4,5)6/h7-14H,1-6H3,(H,33,35)(H,34,36). The Hall–Kier alpha value is -4.08. The average molecular weight is 533 g/mol. The highest BCUT2D eigenvalue weighted by Crippen LogP contribution is 2.39. The van der Waals surface area contributed by atoms with Gasteiger partial charge in [-0.15, -0.1) is 0 Å². The van der Waals surface area contributed by atoms with Crippen LogP contribution in [0.1, 0.15) is 41.5 Å². The molecule has 0 radical (unpaired) electrons. The molecule has 2 amide bonds. The smallest absolute Gasteiger partial charge is 0.229 e. The summed E-state index contributed by atoms with van der Waals surface area (Å²) in [7, 11) is 0. The average Bonchev–Trinajstić information content (AvgIpc) is 2.82. The first-order valence-corrected chi connectivity index (χ1v) is 11.6. The number of carbonyl (C=O) groups is 2. The van der Waals surface area contributed by atoms with E-state index in [4.69, 9.17) is 9.47 Å². The second-order valence-electron chi connectivity index (χ2n) is 10.6. The summed E-state index contributed by atoms with van der Waals surface area (Å²) in [6.07, 6.45) is 0. The summed E-state index contributed by atoms with van der Waals surface area (Å²) >= 11 is 0. The van der Waals surface area contributed by atoms with Crippen molar-refractivity contribution in [2.24, 2.45) is 10.8 Å². The molecule has 2 N–H and O–H groups in total. The molecule has 0 aliphatic rings. The van der Waals surface area contributed by atoms with Crippen molar-refractivity contribution in [2.75, 3.05) is 10.6 Å². The van der Waals surface area contributed by atoms with Crippen LogP contribution in [0.2, 0.25) is 0 Å². The Balaban J connectivity index is 1.87. The first-order valence-electron chi connectivity index (χ1n) is 11.6. The quantitative estimate of drug-likeness (QED) is 0.251. The van der Waals surface area contributed by atoms with Gasteiger partial charge in [0.15, 0.2) is 0 Å². The van der Waals surface area contributed by atoms with E-state index in [-0.39, 0.29) is 34.7 Å². The summed E-state index contributed by atoms with van der Waals surface area (Å²) in [4.78, 5) is 24.4. The molecule has 0 saturated heterocycles. The minimum atomic E-state index is -1.82. The van der Waals surface area contributed by atoms with Crippen LogP contribution < -0.4 is 20.1 Å². The highest BCUT2D eigenvalue weighted by Gasteiger charge is 2.29. The molecule has 6 nitrogen and oxygen atoms in total. The maximum absolute atomic E-state index is 14.8. The minimum Gasteiger partial charge on any atom is -0.451 e. The summed E-state index contributed by atoms with van der Waals surface area (Å²) in [5, 5.41) is 5.24. The van der Waals surface area contributed by atoms with Crippen LogP contribution in [0.5, 0.6) is 23.0 Å². The van der Waals surface area contributed by atoms with Crippen LogP contribution in [0.15, 0.2) is 48.5 Å². The van der Waals surface area contributed by atoms with E-state index in [1.54, 1.807) is 41.5 Å². The molecule has 0 aliphatic carbocycles. The van der Waals surface area contributed by atoms with Gasteiger partial charge in [0, 0.05) is 34.3 Å². The predicted molar refractivity (Wildman–Crippen MR) is 135 cm³/mol. The zero-order chi connectivity index (χ0) is 28.4. The lowest BCUT2D eigenvalue weighted by Crippen LogP contribution is -2.27. The highest BCUT2D eigenvalue weighted by atomic mass is 19.2. The first-order chi connectivity index (χ1) is 17.6. The number of anilines is 2. The monoisotopic (exact) mass is 532 g/mol. The number of hydrogen-bond donors (Lipinski definition) is 2. The predicted octanol–water partition coefficient (Wildman–Crippen LogP) is 7.80. The summed E-state index contributed by atoms with van der Waals surface area (Å²) in [5.74, 6) is -10.9. The number of ether oxygens (including phenoxy) is 2. The number of carbonyl (C=O) groups excluding carboxylic acids is 2. The van der Waals surface area contributed by atoms with Gasteiger partial charge in [0.1, 0.15) is 11.5 Å². The van der Waals surface area contributed by atoms with Crippen molar-refractivity contribution in [1.82, 2.24) is 0 Å². The molecule has 3 aromatic carbocycles. The van der Waals surface area contributed by atoms with E-state index >= 15 is 0 Å². The van der Waals surface area contributed by atoms with Crippen LogP contribution in [-0.2, 0) is 9.59 Å². The van der Waals surface area contributed by atoms with Crippen molar-refractivity contribution < 1.29 is 36.6 Å². The maximum atomic E-state index is 14.8. The van der Waals surface area contributed by atoms with E-state index in [0.717, 1.165) is 0 Å². The van der Waals surface area contributed by atoms with Gasteiger partial charge in [-0.05, 0) is 24.3 Å². The number of halogens is 4. The van der Waals surface area contributed by atoms with E-state index in [9.17, 15) is 27.2 Å². The van der Waals surface area contributed by atoms with Crippen molar-refractivity contribution in [1.29, 1.82) is 0 Å². The van der Waals surface area contributed by atoms with E-state index in [1.165, 1.54) is 48.5 Å². The van der Waals surface area contributed by atoms with Gasteiger partial charge in [-0.1, -0.05) is 53.7 Å². The van der Waals surface area contributed by atoms with Crippen LogP contribution in [0.3, 0.4) is 0 Å². The zero-order valence-electron chi connectivity index (χ0n) is 21.8. The number of benzene rings is 3. The fourth-order valence-corrected chi connectivity index (χ4v) is 2.92. The fraction of sp³-hybridized carbons (Fsp3) is 0.286. The van der Waals surface area contributed by atoms with E-state index in [1.807, 2.05) is 0 Å². The zero-order valence-corrected chi connectivity index (χ0v) is 21.8.